The molecule has 1 aliphatic rings. The Labute approximate surface area is 98.1 Å². The molecule has 0 saturated carbocycles. The number of ether oxygens (including phenoxy) is 1. The van der Waals surface area contributed by atoms with E-state index in [1.165, 1.54) is 0 Å². The maximum atomic E-state index is 11.6. The molecule has 4 heteroatoms. The van der Waals surface area contributed by atoms with E-state index in [1.807, 2.05) is 13.8 Å². The summed E-state index contributed by atoms with van der Waals surface area (Å²) in [6.07, 6.45) is 1.79. The SMILES string of the molecule is CC(C)OCCC(=O)NC1CNCCC1C. The summed E-state index contributed by atoms with van der Waals surface area (Å²) in [6.45, 7) is 8.60. The lowest BCUT2D eigenvalue weighted by Gasteiger charge is -2.30. The van der Waals surface area contributed by atoms with Gasteiger partial charge in [-0.05, 0) is 32.7 Å². The molecule has 0 aliphatic carbocycles. The highest BCUT2D eigenvalue weighted by Crippen LogP contribution is 2.11. The molecule has 0 radical (unpaired) electrons. The third kappa shape index (κ3) is 4.94. The van der Waals surface area contributed by atoms with Crippen LogP contribution in [0.3, 0.4) is 0 Å². The smallest absolute Gasteiger partial charge is 0.222 e. The van der Waals surface area contributed by atoms with Crippen molar-refractivity contribution in [2.24, 2.45) is 5.92 Å². The molecular formula is C12H24N2O2. The monoisotopic (exact) mass is 228 g/mol. The first-order chi connectivity index (χ1) is 7.59. The topological polar surface area (TPSA) is 50.4 Å². The van der Waals surface area contributed by atoms with Crippen LogP contribution in [0, 0.1) is 5.92 Å². The largest absolute Gasteiger partial charge is 0.378 e. The molecule has 1 aliphatic heterocycles. The summed E-state index contributed by atoms with van der Waals surface area (Å²) in [5, 5.41) is 6.36. The Morgan fingerprint density at radius 1 is 1.56 bits per heavy atom. The second-order valence-corrected chi connectivity index (χ2v) is 4.81. The highest BCUT2D eigenvalue weighted by molar-refractivity contribution is 5.76. The average molecular weight is 228 g/mol. The molecule has 1 rings (SSSR count). The normalized spacial score (nSPS) is 25.8. The minimum absolute atomic E-state index is 0.0983. The van der Waals surface area contributed by atoms with Crippen molar-refractivity contribution < 1.29 is 9.53 Å². The van der Waals surface area contributed by atoms with E-state index in [1.54, 1.807) is 0 Å². The van der Waals surface area contributed by atoms with E-state index in [0.717, 1.165) is 19.5 Å². The van der Waals surface area contributed by atoms with Crippen molar-refractivity contribution in [3.05, 3.63) is 0 Å². The number of amides is 1. The number of rotatable bonds is 5. The number of hydrogen-bond acceptors (Lipinski definition) is 3. The van der Waals surface area contributed by atoms with Crippen LogP contribution in [0.4, 0.5) is 0 Å². The first-order valence-corrected chi connectivity index (χ1v) is 6.21. The fourth-order valence-electron chi connectivity index (χ4n) is 1.85. The molecule has 1 amide bonds. The summed E-state index contributed by atoms with van der Waals surface area (Å²) in [7, 11) is 0. The molecule has 2 unspecified atom stereocenters. The third-order valence-electron chi connectivity index (χ3n) is 2.95. The van der Waals surface area contributed by atoms with Crippen LogP contribution in [0.5, 0.6) is 0 Å². The lowest BCUT2D eigenvalue weighted by molar-refractivity contribution is -0.123. The molecule has 0 spiro atoms. The van der Waals surface area contributed by atoms with Crippen molar-refractivity contribution in [3.63, 3.8) is 0 Å². The van der Waals surface area contributed by atoms with E-state index in [-0.39, 0.29) is 18.1 Å². The van der Waals surface area contributed by atoms with Crippen molar-refractivity contribution in [1.82, 2.24) is 10.6 Å². The summed E-state index contributed by atoms with van der Waals surface area (Å²) < 4.78 is 5.35. The van der Waals surface area contributed by atoms with Gasteiger partial charge >= 0.3 is 0 Å². The Bertz CT molecular complexity index is 219. The van der Waals surface area contributed by atoms with Gasteiger partial charge in [0.15, 0.2) is 0 Å². The molecule has 0 aromatic heterocycles. The van der Waals surface area contributed by atoms with E-state index in [4.69, 9.17) is 4.74 Å². The van der Waals surface area contributed by atoms with Crippen molar-refractivity contribution >= 4 is 5.91 Å². The van der Waals surface area contributed by atoms with Gasteiger partial charge in [0, 0.05) is 19.0 Å². The van der Waals surface area contributed by atoms with Crippen LogP contribution in [-0.4, -0.2) is 37.7 Å². The highest BCUT2D eigenvalue weighted by Gasteiger charge is 2.22. The van der Waals surface area contributed by atoms with Crippen LogP contribution in [0.2, 0.25) is 0 Å². The first kappa shape index (κ1) is 13.5. The van der Waals surface area contributed by atoms with Gasteiger partial charge in [-0.25, -0.2) is 0 Å². The zero-order chi connectivity index (χ0) is 12.0. The Balaban J connectivity index is 2.17. The Kier molecular flexibility index (Phi) is 5.77. The van der Waals surface area contributed by atoms with Crippen LogP contribution < -0.4 is 10.6 Å². The minimum atomic E-state index is 0.0983. The lowest BCUT2D eigenvalue weighted by atomic mass is 9.95. The van der Waals surface area contributed by atoms with Gasteiger partial charge in [-0.1, -0.05) is 6.92 Å². The van der Waals surface area contributed by atoms with Crippen LogP contribution in [0.1, 0.15) is 33.6 Å². The van der Waals surface area contributed by atoms with Gasteiger partial charge in [0.2, 0.25) is 5.91 Å². The van der Waals surface area contributed by atoms with Crippen molar-refractivity contribution in [3.8, 4) is 0 Å². The predicted molar refractivity (Wildman–Crippen MR) is 64.3 cm³/mol. The quantitative estimate of drug-likeness (QED) is 0.735. The van der Waals surface area contributed by atoms with Gasteiger partial charge in [0.25, 0.3) is 0 Å². The standard InChI is InChI=1S/C12H24N2O2/c1-9(2)16-7-5-12(15)14-11-8-13-6-4-10(11)3/h9-11,13H,4-8H2,1-3H3,(H,14,15). The molecule has 16 heavy (non-hydrogen) atoms. The van der Waals surface area contributed by atoms with Crippen molar-refractivity contribution in [2.45, 2.75) is 45.8 Å². The number of hydrogen-bond donors (Lipinski definition) is 2. The molecule has 4 nitrogen and oxygen atoms in total. The molecule has 94 valence electrons. The first-order valence-electron chi connectivity index (χ1n) is 6.21. The summed E-state index contributed by atoms with van der Waals surface area (Å²) in [6, 6.07) is 0.278. The van der Waals surface area contributed by atoms with Gasteiger partial charge in [0.05, 0.1) is 12.7 Å². The maximum Gasteiger partial charge on any atom is 0.222 e. The van der Waals surface area contributed by atoms with E-state index in [0.29, 0.717) is 18.9 Å². The Hall–Kier alpha value is -0.610. The molecule has 2 N–H and O–H groups in total. The second-order valence-electron chi connectivity index (χ2n) is 4.81. The number of piperidine rings is 1. The molecule has 2 atom stereocenters. The van der Waals surface area contributed by atoms with Gasteiger partial charge < -0.3 is 15.4 Å². The van der Waals surface area contributed by atoms with Crippen molar-refractivity contribution in [2.75, 3.05) is 19.7 Å². The van der Waals surface area contributed by atoms with Crippen LogP contribution >= 0.6 is 0 Å². The summed E-state index contributed by atoms with van der Waals surface area (Å²) in [5.74, 6) is 0.664. The molecule has 1 fully saturated rings. The van der Waals surface area contributed by atoms with Gasteiger partial charge in [-0.15, -0.1) is 0 Å². The summed E-state index contributed by atoms with van der Waals surface area (Å²) in [4.78, 5) is 11.6. The van der Waals surface area contributed by atoms with E-state index >= 15 is 0 Å². The third-order valence-corrected chi connectivity index (χ3v) is 2.95. The number of nitrogens with one attached hydrogen (secondary N) is 2. The van der Waals surface area contributed by atoms with E-state index in [2.05, 4.69) is 17.6 Å². The van der Waals surface area contributed by atoms with Gasteiger partial charge in [-0.2, -0.15) is 0 Å². The molecule has 0 bridgehead atoms. The van der Waals surface area contributed by atoms with E-state index < -0.39 is 0 Å². The fourth-order valence-corrected chi connectivity index (χ4v) is 1.85. The Morgan fingerprint density at radius 3 is 2.94 bits per heavy atom. The summed E-state index contributed by atoms with van der Waals surface area (Å²) >= 11 is 0. The second kappa shape index (κ2) is 6.86. The zero-order valence-corrected chi connectivity index (χ0v) is 10.6. The average Bonchev–Trinajstić information content (AvgIpc) is 2.21. The number of carbonyl (C=O) groups excluding carboxylic acids is 1. The Morgan fingerprint density at radius 2 is 2.31 bits per heavy atom. The van der Waals surface area contributed by atoms with Gasteiger partial charge in [0.1, 0.15) is 0 Å². The maximum absolute atomic E-state index is 11.6. The minimum Gasteiger partial charge on any atom is -0.378 e. The fraction of sp³-hybridized carbons (Fsp3) is 0.917. The molecule has 0 aromatic rings. The molecular weight excluding hydrogens is 204 g/mol. The zero-order valence-electron chi connectivity index (χ0n) is 10.6. The van der Waals surface area contributed by atoms with Gasteiger partial charge in [-0.3, -0.25) is 4.79 Å². The number of carbonyl (C=O) groups is 1. The van der Waals surface area contributed by atoms with Crippen molar-refractivity contribution in [1.29, 1.82) is 0 Å². The van der Waals surface area contributed by atoms with E-state index in [9.17, 15) is 4.79 Å². The predicted octanol–water partition coefficient (Wildman–Crippen LogP) is 0.916. The highest BCUT2D eigenvalue weighted by atomic mass is 16.5. The van der Waals surface area contributed by atoms with Crippen LogP contribution in [-0.2, 0) is 9.53 Å². The molecule has 0 aromatic carbocycles. The summed E-state index contributed by atoms with van der Waals surface area (Å²) in [5.41, 5.74) is 0. The lowest BCUT2D eigenvalue weighted by Crippen LogP contribution is -2.50. The molecule has 1 saturated heterocycles. The molecule has 1 heterocycles. The van der Waals surface area contributed by atoms with Crippen LogP contribution in [0.15, 0.2) is 0 Å². The van der Waals surface area contributed by atoms with Crippen LogP contribution in [0.25, 0.3) is 0 Å².